The van der Waals surface area contributed by atoms with Crippen molar-refractivity contribution in [3.63, 3.8) is 0 Å². The molecule has 17 heavy (non-hydrogen) atoms. The van der Waals surface area contributed by atoms with Gasteiger partial charge in [-0.2, -0.15) is 0 Å². The highest BCUT2D eigenvalue weighted by atomic mass is 35.5. The van der Waals surface area contributed by atoms with Crippen LogP contribution in [0.1, 0.15) is 5.76 Å². The van der Waals surface area contributed by atoms with E-state index < -0.39 is 0 Å². The molecule has 2 rings (SSSR count). The smallest absolute Gasteiger partial charge is 0.134 e. The Kier molecular flexibility index (Phi) is 5.34. The third-order valence-electron chi connectivity index (χ3n) is 2.16. The first-order valence-electron chi connectivity index (χ1n) is 4.89. The summed E-state index contributed by atoms with van der Waals surface area (Å²) in [5, 5.41) is 4.24. The largest absolute Gasteiger partial charge is 0.460 e. The van der Waals surface area contributed by atoms with E-state index in [-0.39, 0.29) is 12.4 Å². The monoisotopic (exact) mass is 291 g/mol. The van der Waals surface area contributed by atoms with Crippen molar-refractivity contribution in [2.45, 2.75) is 6.54 Å². The van der Waals surface area contributed by atoms with E-state index in [2.05, 4.69) is 5.32 Å². The molecule has 1 heterocycles. The molecule has 1 aromatic heterocycles. The van der Waals surface area contributed by atoms with Gasteiger partial charge >= 0.3 is 0 Å². The number of hydrogen-bond donors (Lipinski definition) is 1. The summed E-state index contributed by atoms with van der Waals surface area (Å²) in [6, 6.07) is 9.20. The van der Waals surface area contributed by atoms with E-state index in [1.807, 2.05) is 31.3 Å². The molecule has 2 nitrogen and oxygen atoms in total. The minimum Gasteiger partial charge on any atom is -0.460 e. The van der Waals surface area contributed by atoms with E-state index in [0.29, 0.717) is 16.6 Å². The molecule has 0 saturated heterocycles. The van der Waals surface area contributed by atoms with Gasteiger partial charge in [0.15, 0.2) is 0 Å². The highest BCUT2D eigenvalue weighted by Crippen LogP contribution is 2.28. The van der Waals surface area contributed by atoms with Gasteiger partial charge in [-0.1, -0.05) is 23.2 Å². The lowest BCUT2D eigenvalue weighted by molar-refractivity contribution is 0.507. The van der Waals surface area contributed by atoms with Gasteiger partial charge in [-0.15, -0.1) is 12.4 Å². The summed E-state index contributed by atoms with van der Waals surface area (Å²) in [5.74, 6) is 1.66. The van der Waals surface area contributed by atoms with Crippen molar-refractivity contribution in [3.8, 4) is 11.3 Å². The van der Waals surface area contributed by atoms with E-state index in [0.717, 1.165) is 17.1 Å². The second-order valence-corrected chi connectivity index (χ2v) is 4.33. The van der Waals surface area contributed by atoms with Crippen LogP contribution in [-0.4, -0.2) is 7.05 Å². The third-order valence-corrected chi connectivity index (χ3v) is 2.60. The lowest BCUT2D eigenvalue weighted by Gasteiger charge is -2.00. The molecular weight excluding hydrogens is 280 g/mol. The van der Waals surface area contributed by atoms with E-state index in [1.165, 1.54) is 0 Å². The predicted molar refractivity (Wildman–Crippen MR) is 74.2 cm³/mol. The van der Waals surface area contributed by atoms with Crippen molar-refractivity contribution < 1.29 is 4.42 Å². The third kappa shape index (κ3) is 3.65. The molecule has 0 aliphatic rings. The molecule has 0 bridgehead atoms. The van der Waals surface area contributed by atoms with E-state index in [9.17, 15) is 0 Å². The van der Waals surface area contributed by atoms with Gasteiger partial charge in [0.2, 0.25) is 0 Å². The molecule has 0 aliphatic carbocycles. The van der Waals surface area contributed by atoms with Crippen LogP contribution in [0, 0.1) is 0 Å². The molecule has 0 aliphatic heterocycles. The molecule has 0 fully saturated rings. The molecule has 0 atom stereocenters. The second-order valence-electron chi connectivity index (χ2n) is 3.45. The van der Waals surface area contributed by atoms with Gasteiger partial charge < -0.3 is 9.73 Å². The number of halogens is 3. The molecule has 0 saturated carbocycles. The molecule has 0 unspecified atom stereocenters. The quantitative estimate of drug-likeness (QED) is 0.907. The summed E-state index contributed by atoms with van der Waals surface area (Å²) in [4.78, 5) is 0. The zero-order valence-corrected chi connectivity index (χ0v) is 11.5. The first-order valence-corrected chi connectivity index (χ1v) is 5.64. The summed E-state index contributed by atoms with van der Waals surface area (Å²) in [6.07, 6.45) is 0. The Morgan fingerprint density at radius 2 is 1.76 bits per heavy atom. The maximum atomic E-state index is 5.93. The topological polar surface area (TPSA) is 25.2 Å². The second kappa shape index (κ2) is 6.31. The average Bonchev–Trinajstić information content (AvgIpc) is 2.65. The Morgan fingerprint density at radius 1 is 1.12 bits per heavy atom. The van der Waals surface area contributed by atoms with E-state index in [4.69, 9.17) is 27.6 Å². The molecule has 0 radical (unpaired) electrons. The summed E-state index contributed by atoms with van der Waals surface area (Å²) in [6.45, 7) is 0.703. The highest BCUT2D eigenvalue weighted by Gasteiger charge is 2.06. The van der Waals surface area contributed by atoms with Crippen LogP contribution >= 0.6 is 35.6 Å². The molecule has 92 valence electrons. The zero-order chi connectivity index (χ0) is 11.5. The fourth-order valence-corrected chi connectivity index (χ4v) is 2.02. The van der Waals surface area contributed by atoms with Crippen LogP contribution < -0.4 is 5.32 Å². The Morgan fingerprint density at radius 3 is 2.35 bits per heavy atom. The van der Waals surface area contributed by atoms with Crippen LogP contribution in [0.2, 0.25) is 10.0 Å². The van der Waals surface area contributed by atoms with Crippen molar-refractivity contribution in [3.05, 3.63) is 46.1 Å². The molecule has 0 spiro atoms. The lowest BCUT2D eigenvalue weighted by Crippen LogP contribution is -2.03. The number of benzene rings is 1. The normalized spacial score (nSPS) is 10.1. The fraction of sp³-hybridized carbons (Fsp3) is 0.167. The minimum absolute atomic E-state index is 0. The molecule has 1 aromatic carbocycles. The van der Waals surface area contributed by atoms with Gasteiger partial charge in [0.25, 0.3) is 0 Å². The first-order chi connectivity index (χ1) is 7.69. The van der Waals surface area contributed by atoms with Crippen molar-refractivity contribution in [1.82, 2.24) is 5.32 Å². The van der Waals surface area contributed by atoms with Gasteiger partial charge in [0, 0.05) is 15.6 Å². The summed E-state index contributed by atoms with van der Waals surface area (Å²) < 4.78 is 5.64. The Balaban J connectivity index is 0.00000144. The maximum absolute atomic E-state index is 5.93. The van der Waals surface area contributed by atoms with Gasteiger partial charge in [-0.05, 0) is 37.4 Å². The van der Waals surface area contributed by atoms with Gasteiger partial charge in [-0.3, -0.25) is 0 Å². The SMILES string of the molecule is CNCc1ccc(-c2cc(Cl)cc(Cl)c2)o1.Cl. The van der Waals surface area contributed by atoms with Crippen molar-refractivity contribution in [2.24, 2.45) is 0 Å². The van der Waals surface area contributed by atoms with Crippen LogP contribution in [0.5, 0.6) is 0 Å². The van der Waals surface area contributed by atoms with Crippen molar-refractivity contribution in [2.75, 3.05) is 7.05 Å². The van der Waals surface area contributed by atoms with Gasteiger partial charge in [0.1, 0.15) is 11.5 Å². The summed E-state index contributed by atoms with van der Waals surface area (Å²) in [7, 11) is 1.87. The van der Waals surface area contributed by atoms with E-state index >= 15 is 0 Å². The zero-order valence-electron chi connectivity index (χ0n) is 9.17. The number of rotatable bonds is 3. The lowest BCUT2D eigenvalue weighted by atomic mass is 10.2. The van der Waals surface area contributed by atoms with Crippen LogP contribution in [-0.2, 0) is 6.54 Å². The Hall–Kier alpha value is -0.670. The number of hydrogen-bond acceptors (Lipinski definition) is 2. The van der Waals surface area contributed by atoms with Crippen molar-refractivity contribution in [1.29, 1.82) is 0 Å². The predicted octanol–water partition coefficient (Wildman–Crippen LogP) is 4.39. The van der Waals surface area contributed by atoms with Crippen LogP contribution in [0.25, 0.3) is 11.3 Å². The Labute approximate surface area is 116 Å². The number of nitrogens with one attached hydrogen (secondary N) is 1. The Bertz CT molecular complexity index is 476. The number of furan rings is 1. The summed E-state index contributed by atoms with van der Waals surface area (Å²) >= 11 is 11.9. The average molecular weight is 293 g/mol. The molecular formula is C12H12Cl3NO. The van der Waals surface area contributed by atoms with Crippen LogP contribution in [0.4, 0.5) is 0 Å². The molecule has 0 amide bonds. The van der Waals surface area contributed by atoms with Crippen LogP contribution in [0.15, 0.2) is 34.7 Å². The molecule has 2 aromatic rings. The minimum atomic E-state index is 0. The molecule has 5 heteroatoms. The van der Waals surface area contributed by atoms with Crippen molar-refractivity contribution >= 4 is 35.6 Å². The maximum Gasteiger partial charge on any atom is 0.134 e. The standard InChI is InChI=1S/C12H11Cl2NO.ClH/c1-15-7-11-2-3-12(16-11)8-4-9(13)6-10(14)5-8;/h2-6,15H,7H2,1H3;1H. The molecule has 1 N–H and O–H groups in total. The summed E-state index contributed by atoms with van der Waals surface area (Å²) in [5.41, 5.74) is 0.889. The van der Waals surface area contributed by atoms with Gasteiger partial charge in [0.05, 0.1) is 6.54 Å². The van der Waals surface area contributed by atoms with Crippen LogP contribution in [0.3, 0.4) is 0 Å². The van der Waals surface area contributed by atoms with E-state index in [1.54, 1.807) is 6.07 Å². The highest BCUT2D eigenvalue weighted by molar-refractivity contribution is 6.35. The first kappa shape index (κ1) is 14.4. The van der Waals surface area contributed by atoms with Gasteiger partial charge in [-0.25, -0.2) is 0 Å². The fourth-order valence-electron chi connectivity index (χ4n) is 1.50.